The van der Waals surface area contributed by atoms with Crippen molar-refractivity contribution in [3.05, 3.63) is 63.5 Å². The first-order chi connectivity index (χ1) is 12.4. The van der Waals surface area contributed by atoms with Gasteiger partial charge < -0.3 is 10.1 Å². The third-order valence-electron chi connectivity index (χ3n) is 3.58. The molecule has 0 atom stereocenters. The number of aryl methyl sites for hydroxylation is 1. The molecule has 0 aliphatic rings. The molecular weight excluding hydrogens is 368 g/mol. The highest BCUT2D eigenvalue weighted by atomic mass is 35.5. The van der Waals surface area contributed by atoms with Gasteiger partial charge in [-0.2, -0.15) is 13.9 Å². The van der Waals surface area contributed by atoms with Gasteiger partial charge in [-0.15, -0.1) is 0 Å². The number of anilines is 1. The fourth-order valence-corrected chi connectivity index (χ4v) is 2.65. The maximum Gasteiger partial charge on any atom is 0.387 e. The molecule has 26 heavy (non-hydrogen) atoms. The minimum absolute atomic E-state index is 0.0479. The molecule has 1 heterocycles. The Labute approximate surface area is 151 Å². The van der Waals surface area contributed by atoms with Gasteiger partial charge in [0.1, 0.15) is 5.75 Å². The van der Waals surface area contributed by atoms with E-state index in [4.69, 9.17) is 11.6 Å². The number of aromatic nitrogens is 2. The monoisotopic (exact) mass is 379 g/mol. The molecule has 1 amide bonds. The number of benzene rings is 2. The predicted molar refractivity (Wildman–Crippen MR) is 93.0 cm³/mol. The zero-order valence-corrected chi connectivity index (χ0v) is 14.1. The summed E-state index contributed by atoms with van der Waals surface area (Å²) in [6.45, 7) is -3.01. The van der Waals surface area contributed by atoms with Gasteiger partial charge in [0.25, 0.3) is 11.5 Å². The highest BCUT2D eigenvalue weighted by Crippen LogP contribution is 2.29. The lowest BCUT2D eigenvalue weighted by atomic mass is 10.1. The lowest BCUT2D eigenvalue weighted by Gasteiger charge is -2.11. The third kappa shape index (κ3) is 3.50. The summed E-state index contributed by atoms with van der Waals surface area (Å²) in [4.78, 5) is 24.7. The summed E-state index contributed by atoms with van der Waals surface area (Å²) < 4.78 is 29.9. The first kappa shape index (κ1) is 17.8. The Hall–Kier alpha value is -3.00. The van der Waals surface area contributed by atoms with Crippen LogP contribution in [0.1, 0.15) is 10.5 Å². The molecule has 0 saturated carbocycles. The molecule has 0 radical (unpaired) electrons. The van der Waals surface area contributed by atoms with E-state index >= 15 is 0 Å². The van der Waals surface area contributed by atoms with Gasteiger partial charge in [0.15, 0.2) is 5.69 Å². The van der Waals surface area contributed by atoms with Crippen molar-refractivity contribution in [2.24, 2.45) is 7.05 Å². The van der Waals surface area contributed by atoms with E-state index in [-0.39, 0.29) is 27.7 Å². The molecule has 1 aromatic heterocycles. The third-order valence-corrected chi connectivity index (χ3v) is 3.87. The van der Waals surface area contributed by atoms with E-state index < -0.39 is 12.5 Å². The number of amides is 1. The van der Waals surface area contributed by atoms with Crippen LogP contribution in [0.25, 0.3) is 10.8 Å². The summed E-state index contributed by atoms with van der Waals surface area (Å²) in [5.74, 6) is -0.777. The number of ether oxygens (including phenoxy) is 1. The molecule has 0 aliphatic heterocycles. The van der Waals surface area contributed by atoms with Crippen LogP contribution in [0.3, 0.4) is 0 Å². The molecule has 3 aromatic rings. The van der Waals surface area contributed by atoms with Crippen molar-refractivity contribution in [1.82, 2.24) is 9.78 Å². The molecule has 2 aromatic carbocycles. The van der Waals surface area contributed by atoms with E-state index in [1.807, 2.05) is 0 Å². The van der Waals surface area contributed by atoms with Gasteiger partial charge in [-0.1, -0.05) is 29.8 Å². The molecular formula is C17H12ClF2N3O3. The highest BCUT2D eigenvalue weighted by molar-refractivity contribution is 6.32. The quantitative estimate of drug-likeness (QED) is 0.753. The molecule has 0 unspecified atom stereocenters. The van der Waals surface area contributed by atoms with Crippen LogP contribution in [-0.2, 0) is 7.05 Å². The number of hydrogen-bond donors (Lipinski definition) is 1. The van der Waals surface area contributed by atoms with Gasteiger partial charge in [-0.3, -0.25) is 9.59 Å². The zero-order chi connectivity index (χ0) is 18.8. The topological polar surface area (TPSA) is 73.2 Å². The normalized spacial score (nSPS) is 11.0. The number of nitrogens with zero attached hydrogens (tertiary/aromatic N) is 2. The number of rotatable bonds is 4. The molecule has 134 valence electrons. The lowest BCUT2D eigenvalue weighted by molar-refractivity contribution is -0.0497. The number of fused-ring (bicyclic) bond motifs is 1. The molecule has 0 saturated heterocycles. The van der Waals surface area contributed by atoms with Gasteiger partial charge in [0.05, 0.1) is 10.4 Å². The number of carbonyl (C=O) groups is 1. The Morgan fingerprint density at radius 2 is 1.92 bits per heavy atom. The van der Waals surface area contributed by atoms with E-state index in [1.165, 1.54) is 25.2 Å². The van der Waals surface area contributed by atoms with Crippen molar-refractivity contribution >= 4 is 34.0 Å². The SMILES string of the molecule is Cn1nc(C(=O)Nc2ccc(OC(F)F)c(Cl)c2)c2ccccc2c1=O. The van der Waals surface area contributed by atoms with Crippen molar-refractivity contribution < 1.29 is 18.3 Å². The van der Waals surface area contributed by atoms with Crippen LogP contribution in [-0.4, -0.2) is 22.3 Å². The second-order valence-electron chi connectivity index (χ2n) is 5.30. The van der Waals surface area contributed by atoms with Crippen molar-refractivity contribution in [1.29, 1.82) is 0 Å². The fourth-order valence-electron chi connectivity index (χ4n) is 2.43. The smallest absolute Gasteiger partial charge is 0.387 e. The van der Waals surface area contributed by atoms with Crippen LogP contribution in [0.2, 0.25) is 5.02 Å². The standard InChI is InChI=1S/C17H12ClF2N3O3/c1-23-16(25)11-5-3-2-4-10(11)14(22-23)15(24)21-9-6-7-13(12(18)8-9)26-17(19)20/h2-8,17H,1H3,(H,21,24). The number of nitrogens with one attached hydrogen (secondary N) is 1. The van der Waals surface area contributed by atoms with Gasteiger partial charge >= 0.3 is 6.61 Å². The molecule has 0 bridgehead atoms. The van der Waals surface area contributed by atoms with Crippen LogP contribution < -0.4 is 15.6 Å². The van der Waals surface area contributed by atoms with Gasteiger partial charge in [0, 0.05) is 18.1 Å². The van der Waals surface area contributed by atoms with Crippen molar-refractivity contribution in [2.45, 2.75) is 6.61 Å². The lowest BCUT2D eigenvalue weighted by Crippen LogP contribution is -2.25. The largest absolute Gasteiger partial charge is 0.433 e. The Kier molecular flexibility index (Phi) is 4.85. The number of alkyl halides is 2. The minimum Gasteiger partial charge on any atom is -0.433 e. The van der Waals surface area contributed by atoms with E-state index in [0.29, 0.717) is 10.8 Å². The summed E-state index contributed by atoms with van der Waals surface area (Å²) in [5, 5.41) is 7.26. The average Bonchev–Trinajstić information content (AvgIpc) is 2.60. The number of halogens is 3. The van der Waals surface area contributed by atoms with E-state index in [9.17, 15) is 18.4 Å². The molecule has 3 rings (SSSR count). The van der Waals surface area contributed by atoms with E-state index in [2.05, 4.69) is 15.2 Å². The second-order valence-corrected chi connectivity index (χ2v) is 5.71. The van der Waals surface area contributed by atoms with Crippen molar-refractivity contribution in [3.63, 3.8) is 0 Å². The second kappa shape index (κ2) is 7.09. The minimum atomic E-state index is -3.01. The molecule has 0 spiro atoms. The van der Waals surface area contributed by atoms with E-state index in [0.717, 1.165) is 4.68 Å². The predicted octanol–water partition coefficient (Wildman–Crippen LogP) is 3.44. The highest BCUT2D eigenvalue weighted by Gasteiger charge is 2.16. The average molecular weight is 380 g/mol. The van der Waals surface area contributed by atoms with Crippen LogP contribution in [0.4, 0.5) is 14.5 Å². The Morgan fingerprint density at radius 1 is 1.23 bits per heavy atom. The Balaban J connectivity index is 1.94. The molecule has 1 N–H and O–H groups in total. The van der Waals surface area contributed by atoms with Crippen LogP contribution in [0.15, 0.2) is 47.3 Å². The summed E-state index contributed by atoms with van der Waals surface area (Å²) in [6, 6.07) is 10.5. The van der Waals surface area contributed by atoms with Gasteiger partial charge in [-0.05, 0) is 24.3 Å². The fraction of sp³-hybridized carbons (Fsp3) is 0.118. The van der Waals surface area contributed by atoms with Gasteiger partial charge in [-0.25, -0.2) is 4.68 Å². The number of carbonyl (C=O) groups excluding carboxylic acids is 1. The summed E-state index contributed by atoms with van der Waals surface area (Å²) in [6.07, 6.45) is 0. The maximum atomic E-state index is 12.6. The first-order valence-electron chi connectivity index (χ1n) is 7.38. The van der Waals surface area contributed by atoms with Gasteiger partial charge in [0.2, 0.25) is 0 Å². The molecule has 0 aliphatic carbocycles. The van der Waals surface area contributed by atoms with Crippen LogP contribution in [0.5, 0.6) is 5.75 Å². The molecule has 9 heteroatoms. The zero-order valence-electron chi connectivity index (χ0n) is 13.4. The molecule has 0 fully saturated rings. The van der Waals surface area contributed by atoms with E-state index in [1.54, 1.807) is 24.3 Å². The summed E-state index contributed by atoms with van der Waals surface area (Å²) in [7, 11) is 1.44. The number of hydrogen-bond acceptors (Lipinski definition) is 4. The van der Waals surface area contributed by atoms with Crippen LogP contribution in [0, 0.1) is 0 Å². The van der Waals surface area contributed by atoms with Crippen molar-refractivity contribution in [2.75, 3.05) is 5.32 Å². The first-order valence-corrected chi connectivity index (χ1v) is 7.76. The maximum absolute atomic E-state index is 12.6. The summed E-state index contributed by atoms with van der Waals surface area (Å²) >= 11 is 5.87. The Bertz CT molecular complexity index is 1050. The summed E-state index contributed by atoms with van der Waals surface area (Å²) in [5.41, 5.74) is -0.0122. The van der Waals surface area contributed by atoms with Crippen molar-refractivity contribution in [3.8, 4) is 5.75 Å². The van der Waals surface area contributed by atoms with Crippen LogP contribution >= 0.6 is 11.6 Å². The molecule has 6 nitrogen and oxygen atoms in total. The Morgan fingerprint density at radius 3 is 2.58 bits per heavy atom.